The Hall–Kier alpha value is -1.34. The number of pyridine rings is 1. The number of aryl methyl sites for hydroxylation is 1. The molecule has 2 N–H and O–H groups in total. The molecule has 0 amide bonds. The molecule has 0 bridgehead atoms. The first kappa shape index (κ1) is 13.7. The van der Waals surface area contributed by atoms with Crippen LogP contribution in [0.15, 0.2) is 12.3 Å². The van der Waals surface area contributed by atoms with Gasteiger partial charge in [0.05, 0.1) is 25.2 Å². The third-order valence-corrected chi connectivity index (χ3v) is 2.76. The summed E-state index contributed by atoms with van der Waals surface area (Å²) >= 11 is 0. The highest BCUT2D eigenvalue weighted by molar-refractivity contribution is 7.88. The van der Waals surface area contributed by atoms with E-state index in [0.29, 0.717) is 18.8 Å². The second-order valence-electron chi connectivity index (χ2n) is 3.62. The Morgan fingerprint density at radius 1 is 1.41 bits per heavy atom. The van der Waals surface area contributed by atoms with Crippen molar-refractivity contribution < 1.29 is 13.2 Å². The quantitative estimate of drug-likeness (QED) is 0.721. The van der Waals surface area contributed by atoms with Gasteiger partial charge in [0.25, 0.3) is 0 Å². The van der Waals surface area contributed by atoms with Gasteiger partial charge in [-0.25, -0.2) is 13.1 Å². The smallest absolute Gasteiger partial charge is 0.208 e. The van der Waals surface area contributed by atoms with Gasteiger partial charge in [-0.3, -0.25) is 4.98 Å². The van der Waals surface area contributed by atoms with E-state index in [-0.39, 0.29) is 0 Å². The molecule has 1 heterocycles. The minimum atomic E-state index is -3.14. The van der Waals surface area contributed by atoms with Gasteiger partial charge in [-0.2, -0.15) is 0 Å². The van der Waals surface area contributed by atoms with Crippen LogP contribution in [0.4, 0.5) is 5.69 Å². The average Bonchev–Trinajstić information content (AvgIpc) is 2.23. The monoisotopic (exact) mass is 259 g/mol. The Morgan fingerprint density at radius 3 is 2.71 bits per heavy atom. The summed E-state index contributed by atoms with van der Waals surface area (Å²) in [6, 6.07) is 1.85. The standard InChI is InChI=1S/C10H17N3O3S/c1-8-6-9(10(16-2)7-12-8)11-4-5-13-17(3,14)15/h6-7,13H,4-5H2,1-3H3,(H,11,12). The van der Waals surface area contributed by atoms with E-state index in [1.165, 1.54) is 0 Å². The Morgan fingerprint density at radius 2 is 2.12 bits per heavy atom. The van der Waals surface area contributed by atoms with Gasteiger partial charge in [0.1, 0.15) is 0 Å². The van der Waals surface area contributed by atoms with Crippen LogP contribution in [0.25, 0.3) is 0 Å². The third kappa shape index (κ3) is 5.01. The van der Waals surface area contributed by atoms with E-state index >= 15 is 0 Å². The fourth-order valence-electron chi connectivity index (χ4n) is 1.28. The van der Waals surface area contributed by atoms with Gasteiger partial charge in [0, 0.05) is 18.8 Å². The van der Waals surface area contributed by atoms with Crippen LogP contribution >= 0.6 is 0 Å². The molecule has 0 saturated carbocycles. The van der Waals surface area contributed by atoms with Gasteiger partial charge < -0.3 is 10.1 Å². The predicted octanol–water partition coefficient (Wildman–Crippen LogP) is 0.360. The number of hydrogen-bond acceptors (Lipinski definition) is 5. The molecule has 1 aromatic rings. The maximum atomic E-state index is 10.8. The molecule has 0 aliphatic rings. The number of nitrogens with zero attached hydrogens (tertiary/aromatic N) is 1. The van der Waals surface area contributed by atoms with Crippen molar-refractivity contribution in [1.29, 1.82) is 0 Å². The van der Waals surface area contributed by atoms with Crippen LogP contribution < -0.4 is 14.8 Å². The highest BCUT2D eigenvalue weighted by atomic mass is 32.2. The summed E-state index contributed by atoms with van der Waals surface area (Å²) in [5.41, 5.74) is 1.67. The summed E-state index contributed by atoms with van der Waals surface area (Å²) in [5, 5.41) is 3.09. The lowest BCUT2D eigenvalue weighted by atomic mass is 10.3. The minimum Gasteiger partial charge on any atom is -0.493 e. The molecule has 96 valence electrons. The zero-order valence-corrected chi connectivity index (χ0v) is 11.0. The molecule has 0 aromatic carbocycles. The predicted molar refractivity (Wildman–Crippen MR) is 66.9 cm³/mol. The lowest BCUT2D eigenvalue weighted by Crippen LogP contribution is -2.27. The van der Waals surface area contributed by atoms with Crippen molar-refractivity contribution in [2.45, 2.75) is 6.92 Å². The fourth-order valence-corrected chi connectivity index (χ4v) is 1.75. The Labute approximate surface area is 101 Å². The van der Waals surface area contributed by atoms with Crippen LogP contribution in [0, 0.1) is 6.92 Å². The summed E-state index contributed by atoms with van der Waals surface area (Å²) < 4.78 is 29.2. The van der Waals surface area contributed by atoms with Crippen molar-refractivity contribution in [3.8, 4) is 5.75 Å². The number of anilines is 1. The Balaban J connectivity index is 2.54. The molecule has 0 radical (unpaired) electrons. The lowest BCUT2D eigenvalue weighted by molar-refractivity contribution is 0.414. The zero-order valence-electron chi connectivity index (χ0n) is 10.1. The Bertz CT molecular complexity index is 474. The summed E-state index contributed by atoms with van der Waals surface area (Å²) in [4.78, 5) is 4.10. The van der Waals surface area contributed by atoms with Crippen LogP contribution in [0.2, 0.25) is 0 Å². The van der Waals surface area contributed by atoms with Gasteiger partial charge in [-0.1, -0.05) is 0 Å². The number of nitrogens with one attached hydrogen (secondary N) is 2. The highest BCUT2D eigenvalue weighted by Gasteiger charge is 2.04. The van der Waals surface area contributed by atoms with E-state index < -0.39 is 10.0 Å². The molecule has 0 spiro atoms. The van der Waals surface area contributed by atoms with Gasteiger partial charge >= 0.3 is 0 Å². The van der Waals surface area contributed by atoms with Crippen molar-refractivity contribution in [2.24, 2.45) is 0 Å². The second-order valence-corrected chi connectivity index (χ2v) is 5.45. The van der Waals surface area contributed by atoms with Gasteiger partial charge in [-0.15, -0.1) is 0 Å². The van der Waals surface area contributed by atoms with Crippen LogP contribution in [-0.4, -0.2) is 39.9 Å². The van der Waals surface area contributed by atoms with Gasteiger partial charge in [0.15, 0.2) is 5.75 Å². The maximum Gasteiger partial charge on any atom is 0.208 e. The molecule has 0 fully saturated rings. The third-order valence-electron chi connectivity index (χ3n) is 2.03. The van der Waals surface area contributed by atoms with Crippen molar-refractivity contribution in [3.05, 3.63) is 18.0 Å². The summed E-state index contributed by atoms with van der Waals surface area (Å²) in [6.45, 7) is 2.68. The van der Waals surface area contributed by atoms with Crippen LogP contribution in [0.5, 0.6) is 5.75 Å². The summed E-state index contributed by atoms with van der Waals surface area (Å²) in [6.07, 6.45) is 2.76. The summed E-state index contributed by atoms with van der Waals surface area (Å²) in [7, 11) is -1.57. The molecular formula is C10H17N3O3S. The highest BCUT2D eigenvalue weighted by Crippen LogP contribution is 2.22. The molecule has 1 rings (SSSR count). The molecule has 0 saturated heterocycles. The van der Waals surface area contributed by atoms with Crippen molar-refractivity contribution in [1.82, 2.24) is 9.71 Å². The first-order valence-corrected chi connectivity index (χ1v) is 7.00. The second kappa shape index (κ2) is 5.83. The zero-order chi connectivity index (χ0) is 12.9. The molecule has 6 nitrogen and oxygen atoms in total. The van der Waals surface area contributed by atoms with E-state index in [9.17, 15) is 8.42 Å². The molecule has 1 aromatic heterocycles. The van der Waals surface area contributed by atoms with E-state index in [4.69, 9.17) is 4.74 Å². The Kier molecular flexibility index (Phi) is 4.71. The summed E-state index contributed by atoms with van der Waals surface area (Å²) in [5.74, 6) is 0.634. The normalized spacial score (nSPS) is 11.2. The number of rotatable bonds is 6. The number of hydrogen-bond donors (Lipinski definition) is 2. The first-order valence-electron chi connectivity index (χ1n) is 5.11. The van der Waals surface area contributed by atoms with E-state index in [2.05, 4.69) is 15.0 Å². The van der Waals surface area contributed by atoms with E-state index in [1.54, 1.807) is 13.3 Å². The van der Waals surface area contributed by atoms with Crippen LogP contribution in [0.1, 0.15) is 5.69 Å². The SMILES string of the molecule is COc1cnc(C)cc1NCCNS(C)(=O)=O. The molecule has 0 unspecified atom stereocenters. The topological polar surface area (TPSA) is 80.3 Å². The molecule has 0 aliphatic heterocycles. The molecule has 0 aliphatic carbocycles. The van der Waals surface area contributed by atoms with Gasteiger partial charge in [0.2, 0.25) is 10.0 Å². The lowest BCUT2D eigenvalue weighted by Gasteiger charge is -2.11. The number of aromatic nitrogens is 1. The van der Waals surface area contributed by atoms with Crippen LogP contribution in [-0.2, 0) is 10.0 Å². The molecule has 7 heteroatoms. The molecule has 0 atom stereocenters. The number of ether oxygens (including phenoxy) is 1. The average molecular weight is 259 g/mol. The first-order chi connectivity index (χ1) is 7.92. The molecular weight excluding hydrogens is 242 g/mol. The van der Waals surface area contributed by atoms with E-state index in [1.807, 2.05) is 13.0 Å². The van der Waals surface area contributed by atoms with Crippen molar-refractivity contribution in [2.75, 3.05) is 31.8 Å². The fraction of sp³-hybridized carbons (Fsp3) is 0.500. The maximum absolute atomic E-state index is 10.8. The van der Waals surface area contributed by atoms with Gasteiger partial charge in [-0.05, 0) is 13.0 Å². The number of sulfonamides is 1. The van der Waals surface area contributed by atoms with Crippen LogP contribution in [0.3, 0.4) is 0 Å². The number of methoxy groups -OCH3 is 1. The largest absolute Gasteiger partial charge is 0.493 e. The van der Waals surface area contributed by atoms with Crippen molar-refractivity contribution >= 4 is 15.7 Å². The van der Waals surface area contributed by atoms with Crippen molar-refractivity contribution in [3.63, 3.8) is 0 Å². The molecule has 17 heavy (non-hydrogen) atoms. The minimum absolute atomic E-state index is 0.323. The van der Waals surface area contributed by atoms with E-state index in [0.717, 1.165) is 17.6 Å².